The van der Waals surface area contributed by atoms with Crippen LogP contribution in [-0.2, 0) is 9.59 Å². The number of rotatable bonds is 4. The third kappa shape index (κ3) is 3.85. The van der Waals surface area contributed by atoms with Crippen molar-refractivity contribution in [1.29, 1.82) is 0 Å². The summed E-state index contributed by atoms with van der Waals surface area (Å²) in [5, 5.41) is 11.5. The second-order valence-electron chi connectivity index (χ2n) is 5.59. The van der Waals surface area contributed by atoms with Gasteiger partial charge in [0.2, 0.25) is 0 Å². The smallest absolute Gasteiger partial charge is 0.335 e. The first-order chi connectivity index (χ1) is 12.9. The molecular weight excluding hydrogens is 416 g/mol. The molecule has 3 rings (SSSR count). The number of anilines is 1. The van der Waals surface area contributed by atoms with Gasteiger partial charge in [-0.2, -0.15) is 0 Å². The van der Waals surface area contributed by atoms with Gasteiger partial charge < -0.3 is 9.84 Å². The number of phenolic OH excluding ortho intramolecular Hbond substituents is 1. The van der Waals surface area contributed by atoms with E-state index < -0.39 is 17.8 Å². The van der Waals surface area contributed by atoms with Crippen LogP contribution in [0.4, 0.5) is 10.5 Å². The fourth-order valence-corrected chi connectivity index (χ4v) is 2.95. The van der Waals surface area contributed by atoms with Gasteiger partial charge in [0.1, 0.15) is 17.1 Å². The Bertz CT molecular complexity index is 953. The Morgan fingerprint density at radius 2 is 1.85 bits per heavy atom. The second-order valence-corrected chi connectivity index (χ2v) is 6.51. The van der Waals surface area contributed by atoms with Crippen LogP contribution in [0.25, 0.3) is 6.08 Å². The van der Waals surface area contributed by atoms with Gasteiger partial charge in [-0.3, -0.25) is 14.9 Å². The molecule has 0 aliphatic carbocycles. The second kappa shape index (κ2) is 7.63. The lowest BCUT2D eigenvalue weighted by molar-refractivity contribution is -0.122. The highest BCUT2D eigenvalue weighted by atomic mass is 79.9. The molecule has 0 unspecified atom stereocenters. The fourth-order valence-electron chi connectivity index (χ4n) is 2.57. The molecule has 0 bridgehead atoms. The van der Waals surface area contributed by atoms with Crippen molar-refractivity contribution < 1.29 is 24.2 Å². The van der Waals surface area contributed by atoms with E-state index in [0.29, 0.717) is 17.9 Å². The highest BCUT2D eigenvalue weighted by Gasteiger charge is 2.37. The monoisotopic (exact) mass is 430 g/mol. The van der Waals surface area contributed by atoms with Crippen molar-refractivity contribution in [3.63, 3.8) is 0 Å². The minimum Gasteiger partial charge on any atom is -0.508 e. The maximum Gasteiger partial charge on any atom is 0.335 e. The van der Waals surface area contributed by atoms with Crippen LogP contribution in [0.2, 0.25) is 0 Å². The molecular formula is C19H15BrN2O5. The van der Waals surface area contributed by atoms with E-state index in [0.717, 1.165) is 9.37 Å². The van der Waals surface area contributed by atoms with Crippen molar-refractivity contribution in [2.24, 2.45) is 0 Å². The van der Waals surface area contributed by atoms with Crippen LogP contribution in [0.1, 0.15) is 12.5 Å². The molecule has 2 aromatic rings. The number of carbonyl (C=O) groups excluding carboxylic acids is 3. The van der Waals surface area contributed by atoms with Crippen LogP contribution in [0.15, 0.2) is 52.5 Å². The zero-order valence-electron chi connectivity index (χ0n) is 14.2. The molecule has 1 fully saturated rings. The zero-order valence-corrected chi connectivity index (χ0v) is 15.8. The number of hydrogen-bond acceptors (Lipinski definition) is 5. The number of nitrogens with one attached hydrogen (secondary N) is 1. The van der Waals surface area contributed by atoms with Crippen molar-refractivity contribution in [3.8, 4) is 11.5 Å². The minimum absolute atomic E-state index is 0.00838. The van der Waals surface area contributed by atoms with Gasteiger partial charge in [0.15, 0.2) is 0 Å². The van der Waals surface area contributed by atoms with Crippen LogP contribution in [0.3, 0.4) is 0 Å². The number of carbonyl (C=O) groups is 3. The molecule has 0 spiro atoms. The Morgan fingerprint density at radius 1 is 1.15 bits per heavy atom. The molecule has 2 aromatic carbocycles. The van der Waals surface area contributed by atoms with E-state index in [1.165, 1.54) is 30.3 Å². The molecule has 0 saturated carbocycles. The van der Waals surface area contributed by atoms with Crippen LogP contribution < -0.4 is 15.0 Å². The molecule has 1 aliphatic rings. The summed E-state index contributed by atoms with van der Waals surface area (Å²) in [5.74, 6) is -1.06. The quantitative estimate of drug-likeness (QED) is 0.573. The van der Waals surface area contributed by atoms with Crippen LogP contribution in [0, 0.1) is 0 Å². The van der Waals surface area contributed by atoms with Gasteiger partial charge in [0.25, 0.3) is 11.8 Å². The van der Waals surface area contributed by atoms with E-state index in [4.69, 9.17) is 4.74 Å². The number of ether oxygens (including phenoxy) is 1. The largest absolute Gasteiger partial charge is 0.508 e. The van der Waals surface area contributed by atoms with Crippen LogP contribution in [0.5, 0.6) is 11.5 Å². The first-order valence-corrected chi connectivity index (χ1v) is 8.83. The number of nitrogens with zero attached hydrogens (tertiary/aromatic N) is 1. The third-order valence-electron chi connectivity index (χ3n) is 3.78. The molecule has 8 heteroatoms. The Balaban J connectivity index is 2.04. The van der Waals surface area contributed by atoms with Gasteiger partial charge in [0.05, 0.1) is 12.3 Å². The van der Waals surface area contributed by atoms with E-state index in [1.807, 2.05) is 6.92 Å². The summed E-state index contributed by atoms with van der Waals surface area (Å²) in [4.78, 5) is 38.1. The predicted octanol–water partition coefficient (Wildman–Crippen LogP) is 3.22. The molecule has 1 heterocycles. The van der Waals surface area contributed by atoms with Gasteiger partial charge in [-0.1, -0.05) is 15.9 Å². The molecule has 27 heavy (non-hydrogen) atoms. The number of imide groups is 2. The van der Waals surface area contributed by atoms with Gasteiger partial charge >= 0.3 is 6.03 Å². The first-order valence-electron chi connectivity index (χ1n) is 8.03. The maximum atomic E-state index is 12.9. The average molecular weight is 431 g/mol. The molecule has 7 nitrogen and oxygen atoms in total. The molecule has 138 valence electrons. The van der Waals surface area contributed by atoms with E-state index in [-0.39, 0.29) is 17.0 Å². The number of benzene rings is 2. The Hall–Kier alpha value is -3.13. The average Bonchev–Trinajstić information content (AvgIpc) is 2.62. The Labute approximate surface area is 163 Å². The summed E-state index contributed by atoms with van der Waals surface area (Å²) in [5.41, 5.74) is 0.541. The summed E-state index contributed by atoms with van der Waals surface area (Å²) < 4.78 is 6.28. The van der Waals surface area contributed by atoms with E-state index in [9.17, 15) is 19.5 Å². The third-order valence-corrected chi connectivity index (χ3v) is 4.27. The summed E-state index contributed by atoms with van der Waals surface area (Å²) in [6.07, 6.45) is 1.38. The van der Waals surface area contributed by atoms with Gasteiger partial charge in [-0.15, -0.1) is 0 Å². The van der Waals surface area contributed by atoms with E-state index >= 15 is 0 Å². The normalized spacial score (nSPS) is 15.9. The van der Waals surface area contributed by atoms with Crippen molar-refractivity contribution in [3.05, 3.63) is 58.1 Å². The van der Waals surface area contributed by atoms with Crippen LogP contribution in [-0.4, -0.2) is 29.6 Å². The van der Waals surface area contributed by atoms with Crippen molar-refractivity contribution >= 4 is 45.5 Å². The lowest BCUT2D eigenvalue weighted by Crippen LogP contribution is -2.54. The Kier molecular flexibility index (Phi) is 5.27. The predicted molar refractivity (Wildman–Crippen MR) is 102 cm³/mol. The standard InChI is InChI=1S/C19H15BrN2O5/c1-2-27-16-8-3-12(20)9-11(16)10-15-17(24)21-19(26)22(18(15)25)13-4-6-14(23)7-5-13/h3-10,23H,2H2,1H3,(H,21,24,26)/b15-10+. The highest BCUT2D eigenvalue weighted by molar-refractivity contribution is 9.10. The molecule has 1 aliphatic heterocycles. The molecule has 1 saturated heterocycles. The highest BCUT2D eigenvalue weighted by Crippen LogP contribution is 2.28. The number of aromatic hydroxyl groups is 1. The van der Waals surface area contributed by atoms with Gasteiger partial charge in [-0.25, -0.2) is 9.69 Å². The number of urea groups is 1. The minimum atomic E-state index is -0.855. The number of phenols is 1. The summed E-state index contributed by atoms with van der Waals surface area (Å²) in [6.45, 7) is 2.23. The molecule has 0 atom stereocenters. The number of hydrogen-bond donors (Lipinski definition) is 2. The van der Waals surface area contributed by atoms with Gasteiger partial charge in [-0.05, 0) is 55.5 Å². The lowest BCUT2D eigenvalue weighted by Gasteiger charge is -2.26. The van der Waals surface area contributed by atoms with Crippen molar-refractivity contribution in [1.82, 2.24) is 5.32 Å². The maximum absolute atomic E-state index is 12.9. The summed E-state index contributed by atoms with van der Waals surface area (Å²) in [6, 6.07) is 9.85. The number of amides is 4. The van der Waals surface area contributed by atoms with Crippen LogP contribution >= 0.6 is 15.9 Å². The number of halogens is 1. The zero-order chi connectivity index (χ0) is 19.6. The molecule has 4 amide bonds. The molecule has 0 radical (unpaired) electrons. The topological polar surface area (TPSA) is 95.9 Å². The van der Waals surface area contributed by atoms with Crippen molar-refractivity contribution in [2.75, 3.05) is 11.5 Å². The molecule has 2 N–H and O–H groups in total. The van der Waals surface area contributed by atoms with Crippen molar-refractivity contribution in [2.45, 2.75) is 6.92 Å². The Morgan fingerprint density at radius 3 is 2.52 bits per heavy atom. The van der Waals surface area contributed by atoms with E-state index in [1.54, 1.807) is 18.2 Å². The summed E-state index contributed by atoms with van der Waals surface area (Å²) >= 11 is 3.35. The van der Waals surface area contributed by atoms with E-state index in [2.05, 4.69) is 21.2 Å². The SMILES string of the molecule is CCOc1ccc(Br)cc1/C=C1\C(=O)NC(=O)N(c2ccc(O)cc2)C1=O. The first kappa shape index (κ1) is 18.7. The lowest BCUT2D eigenvalue weighted by atomic mass is 10.1. The van der Waals surface area contributed by atoms with Gasteiger partial charge in [0, 0.05) is 10.0 Å². The summed E-state index contributed by atoms with van der Waals surface area (Å²) in [7, 11) is 0. The fraction of sp³-hybridized carbons (Fsp3) is 0.105. The number of barbiturate groups is 1. The molecule has 0 aromatic heterocycles.